The molecule has 0 aromatic rings. The summed E-state index contributed by atoms with van der Waals surface area (Å²) in [7, 11) is -3.21. The molecular weight excluding hydrogens is 292 g/mol. The number of fused-ring (bicyclic) bond motifs is 1. The molecule has 0 amide bonds. The molecule has 0 radical (unpaired) electrons. The molecule has 1 fully saturated rings. The van der Waals surface area contributed by atoms with Crippen LogP contribution in [0.2, 0.25) is 37.8 Å². The number of hydrogen-bond acceptors (Lipinski definition) is 2. The van der Waals surface area contributed by atoms with E-state index in [-0.39, 0.29) is 5.04 Å². The Morgan fingerprint density at radius 3 is 2.10 bits per heavy atom. The van der Waals surface area contributed by atoms with Crippen molar-refractivity contribution in [2.24, 2.45) is 5.92 Å². The van der Waals surface area contributed by atoms with Crippen LogP contribution in [-0.4, -0.2) is 28.3 Å². The average Bonchev–Trinajstić information content (AvgIpc) is 2.68. The zero-order valence-electron chi connectivity index (χ0n) is 15.1. The summed E-state index contributed by atoms with van der Waals surface area (Å²) in [5, 5.41) is 1.50. The van der Waals surface area contributed by atoms with Gasteiger partial charge in [0.2, 0.25) is 0 Å². The fourth-order valence-corrected chi connectivity index (χ4v) is 7.13. The standard InChI is InChI=1S/C17H32O2Si2/c1-17(2,3)21(7,8)19-13-9-12-10-15(18)16(14(12)11-13)20(4,5)6/h12-13H,9-11H2,1-8H3/t12-,13+/m0/s1. The van der Waals surface area contributed by atoms with Crippen LogP contribution in [-0.2, 0) is 9.22 Å². The predicted octanol–water partition coefficient (Wildman–Crippen LogP) is 4.93. The molecule has 4 heteroatoms. The lowest BCUT2D eigenvalue weighted by Crippen LogP contribution is -2.43. The minimum Gasteiger partial charge on any atom is -0.414 e. The maximum absolute atomic E-state index is 12.3. The minimum atomic E-state index is -1.70. The predicted molar refractivity (Wildman–Crippen MR) is 94.8 cm³/mol. The Balaban J connectivity index is 2.18. The minimum absolute atomic E-state index is 0.260. The van der Waals surface area contributed by atoms with Gasteiger partial charge < -0.3 is 4.43 Å². The smallest absolute Gasteiger partial charge is 0.192 e. The van der Waals surface area contributed by atoms with Gasteiger partial charge in [0.1, 0.15) is 0 Å². The first-order chi connectivity index (χ1) is 9.33. The molecule has 0 aromatic heterocycles. The third-order valence-corrected chi connectivity index (χ3v) is 12.2. The normalized spacial score (nSPS) is 27.5. The summed E-state index contributed by atoms with van der Waals surface area (Å²) >= 11 is 0. The van der Waals surface area contributed by atoms with E-state index in [0.29, 0.717) is 17.8 Å². The third kappa shape index (κ3) is 3.27. The fraction of sp³-hybridized carbons (Fsp3) is 0.824. The second-order valence-electron chi connectivity index (χ2n) is 9.41. The second-order valence-corrected chi connectivity index (χ2v) is 19.2. The van der Waals surface area contributed by atoms with Crippen LogP contribution in [0.25, 0.3) is 0 Å². The maximum Gasteiger partial charge on any atom is 0.192 e. The van der Waals surface area contributed by atoms with Gasteiger partial charge in [-0.3, -0.25) is 4.79 Å². The number of carbonyl (C=O) groups excluding carboxylic acids is 1. The molecule has 0 unspecified atom stereocenters. The van der Waals surface area contributed by atoms with Crippen LogP contribution in [0, 0.1) is 5.92 Å². The topological polar surface area (TPSA) is 26.3 Å². The average molecular weight is 325 g/mol. The second kappa shape index (κ2) is 5.17. The van der Waals surface area contributed by atoms with Crippen molar-refractivity contribution in [1.82, 2.24) is 0 Å². The Bertz CT molecular complexity index is 478. The highest BCUT2D eigenvalue weighted by Crippen LogP contribution is 2.47. The molecule has 1 saturated carbocycles. The van der Waals surface area contributed by atoms with Gasteiger partial charge in [0, 0.05) is 12.5 Å². The highest BCUT2D eigenvalue weighted by Gasteiger charge is 2.46. The third-order valence-electron chi connectivity index (χ3n) is 5.54. The number of Topliss-reactive ketones (excluding diaryl/α,β-unsaturated/α-hetero) is 1. The van der Waals surface area contributed by atoms with Crippen molar-refractivity contribution in [1.29, 1.82) is 0 Å². The van der Waals surface area contributed by atoms with Crippen LogP contribution >= 0.6 is 0 Å². The van der Waals surface area contributed by atoms with Gasteiger partial charge in [0.25, 0.3) is 0 Å². The van der Waals surface area contributed by atoms with Gasteiger partial charge in [0.15, 0.2) is 14.1 Å². The largest absolute Gasteiger partial charge is 0.414 e. The molecule has 2 rings (SSSR count). The van der Waals surface area contributed by atoms with E-state index in [1.165, 1.54) is 10.8 Å². The van der Waals surface area contributed by atoms with Crippen molar-refractivity contribution in [3.05, 3.63) is 10.8 Å². The van der Waals surface area contributed by atoms with E-state index in [2.05, 4.69) is 53.5 Å². The van der Waals surface area contributed by atoms with Crippen molar-refractivity contribution in [2.75, 3.05) is 0 Å². The molecule has 2 nitrogen and oxygen atoms in total. The molecule has 2 aliphatic carbocycles. The van der Waals surface area contributed by atoms with E-state index >= 15 is 0 Å². The van der Waals surface area contributed by atoms with Crippen molar-refractivity contribution in [3.8, 4) is 0 Å². The van der Waals surface area contributed by atoms with E-state index in [9.17, 15) is 4.79 Å². The molecule has 0 aliphatic heterocycles. The van der Waals surface area contributed by atoms with Crippen molar-refractivity contribution < 1.29 is 9.22 Å². The Hall–Kier alpha value is -0.196. The zero-order chi connectivity index (χ0) is 16.2. The summed E-state index contributed by atoms with van der Waals surface area (Å²) < 4.78 is 6.60. The number of carbonyl (C=O) groups is 1. The van der Waals surface area contributed by atoms with E-state index < -0.39 is 16.4 Å². The molecule has 0 aromatic carbocycles. The molecule has 2 atom stereocenters. The van der Waals surface area contributed by atoms with E-state index in [0.717, 1.165) is 19.3 Å². The van der Waals surface area contributed by atoms with Crippen LogP contribution < -0.4 is 0 Å². The summed E-state index contributed by atoms with van der Waals surface area (Å²) in [6.07, 6.45) is 3.20. The lowest BCUT2D eigenvalue weighted by molar-refractivity contribution is -0.114. The molecule has 0 saturated heterocycles. The van der Waals surface area contributed by atoms with Gasteiger partial charge in [-0.2, -0.15) is 0 Å². The summed E-state index contributed by atoms with van der Waals surface area (Å²) in [6.45, 7) is 18.5. The highest BCUT2D eigenvalue weighted by atomic mass is 28.4. The van der Waals surface area contributed by atoms with Gasteiger partial charge in [0.05, 0.1) is 8.07 Å². The van der Waals surface area contributed by atoms with Crippen LogP contribution in [0.5, 0.6) is 0 Å². The summed E-state index contributed by atoms with van der Waals surface area (Å²) in [5.41, 5.74) is 1.47. The Labute approximate surface area is 132 Å². The van der Waals surface area contributed by atoms with Crippen LogP contribution in [0.3, 0.4) is 0 Å². The summed E-state index contributed by atoms with van der Waals surface area (Å²) in [6, 6.07) is 0. The molecular formula is C17H32O2Si2. The molecule has 0 bridgehead atoms. The molecule has 0 N–H and O–H groups in total. The first-order valence-corrected chi connectivity index (χ1v) is 14.7. The Kier molecular flexibility index (Phi) is 4.22. The van der Waals surface area contributed by atoms with Gasteiger partial charge in [-0.25, -0.2) is 0 Å². The van der Waals surface area contributed by atoms with Crippen molar-refractivity contribution in [3.63, 3.8) is 0 Å². The van der Waals surface area contributed by atoms with Crippen LogP contribution in [0.1, 0.15) is 40.0 Å². The van der Waals surface area contributed by atoms with E-state index in [4.69, 9.17) is 4.43 Å². The van der Waals surface area contributed by atoms with Gasteiger partial charge in [-0.15, -0.1) is 0 Å². The lowest BCUT2D eigenvalue weighted by atomic mass is 10.1. The molecule has 0 spiro atoms. The van der Waals surface area contributed by atoms with Crippen LogP contribution in [0.15, 0.2) is 10.8 Å². The number of hydrogen-bond donors (Lipinski definition) is 0. The molecule has 0 heterocycles. The quantitative estimate of drug-likeness (QED) is 0.688. The molecule has 2 aliphatic rings. The first kappa shape index (κ1) is 17.2. The number of rotatable bonds is 3. The monoisotopic (exact) mass is 324 g/mol. The van der Waals surface area contributed by atoms with Crippen molar-refractivity contribution >= 4 is 22.2 Å². The van der Waals surface area contributed by atoms with Gasteiger partial charge >= 0.3 is 0 Å². The lowest BCUT2D eigenvalue weighted by Gasteiger charge is -2.38. The Morgan fingerprint density at radius 1 is 1.05 bits per heavy atom. The SMILES string of the molecule is CC(C)(C)[Si](C)(C)O[C@H]1CC2=C([Si](C)(C)C)C(=O)C[C@@H]2C1. The highest BCUT2D eigenvalue weighted by molar-refractivity contribution is 6.87. The van der Waals surface area contributed by atoms with Crippen molar-refractivity contribution in [2.45, 2.75) is 83.9 Å². The molecule has 21 heavy (non-hydrogen) atoms. The first-order valence-electron chi connectivity index (χ1n) is 8.27. The number of allylic oxidation sites excluding steroid dienone is 1. The molecule has 120 valence electrons. The van der Waals surface area contributed by atoms with Gasteiger partial charge in [-0.05, 0) is 42.1 Å². The van der Waals surface area contributed by atoms with E-state index in [1.807, 2.05) is 0 Å². The fourth-order valence-electron chi connectivity index (χ4n) is 3.56. The number of ketones is 1. The summed E-state index contributed by atoms with van der Waals surface area (Å²) in [5.74, 6) is 0.939. The zero-order valence-corrected chi connectivity index (χ0v) is 17.1. The van der Waals surface area contributed by atoms with E-state index in [1.54, 1.807) is 0 Å². The summed E-state index contributed by atoms with van der Waals surface area (Å²) in [4.78, 5) is 12.3. The maximum atomic E-state index is 12.3. The van der Waals surface area contributed by atoms with Gasteiger partial charge in [-0.1, -0.05) is 46.0 Å². The Morgan fingerprint density at radius 2 is 1.62 bits per heavy atom. The van der Waals surface area contributed by atoms with Crippen LogP contribution in [0.4, 0.5) is 0 Å².